The summed E-state index contributed by atoms with van der Waals surface area (Å²) >= 11 is 0. The molecule has 1 heterocycles. The molecule has 1 aliphatic rings. The van der Waals surface area contributed by atoms with E-state index in [0.717, 1.165) is 0 Å². The van der Waals surface area contributed by atoms with Crippen LogP contribution in [0.3, 0.4) is 0 Å². The summed E-state index contributed by atoms with van der Waals surface area (Å²) in [6.07, 6.45) is -4.01. The fourth-order valence-electron chi connectivity index (χ4n) is 2.77. The average molecular weight is 378 g/mol. The van der Waals surface area contributed by atoms with Crippen LogP contribution in [0.5, 0.6) is 0 Å². The number of hydrogen-bond acceptors (Lipinski definition) is 3. The van der Waals surface area contributed by atoms with Gasteiger partial charge in [0.05, 0.1) is 10.8 Å². The zero-order chi connectivity index (χ0) is 18.8. The van der Waals surface area contributed by atoms with Crippen LogP contribution >= 0.6 is 0 Å². The van der Waals surface area contributed by atoms with Crippen molar-refractivity contribution in [2.45, 2.75) is 43.8 Å². The van der Waals surface area contributed by atoms with Gasteiger partial charge in [-0.2, -0.15) is 13.2 Å². The molecule has 0 spiro atoms. The number of rotatable bonds is 4. The second-order valence-electron chi connectivity index (χ2n) is 6.43. The van der Waals surface area contributed by atoms with E-state index in [2.05, 4.69) is 4.72 Å². The third kappa shape index (κ3) is 4.94. The molecule has 1 aliphatic heterocycles. The van der Waals surface area contributed by atoms with Gasteiger partial charge in [-0.15, -0.1) is 0 Å². The van der Waals surface area contributed by atoms with E-state index in [0.29, 0.717) is 6.42 Å². The van der Waals surface area contributed by atoms with Crippen molar-refractivity contribution in [3.8, 4) is 0 Å². The zero-order valence-corrected chi connectivity index (χ0v) is 14.8. The first kappa shape index (κ1) is 19.7. The number of amides is 1. The second-order valence-corrected chi connectivity index (χ2v) is 8.15. The van der Waals surface area contributed by atoms with Gasteiger partial charge < -0.3 is 4.90 Å². The van der Waals surface area contributed by atoms with Gasteiger partial charge in [-0.3, -0.25) is 4.79 Å². The molecule has 1 atom stereocenters. The molecule has 0 aromatic heterocycles. The highest BCUT2D eigenvalue weighted by atomic mass is 32.2. The number of carbonyl (C=O) groups excluding carboxylic acids is 1. The normalized spacial score (nSPS) is 19.3. The smallest absolute Gasteiger partial charge is 0.338 e. The molecule has 0 bridgehead atoms. The van der Waals surface area contributed by atoms with E-state index >= 15 is 0 Å². The number of nitrogens with one attached hydrogen (secondary N) is 1. The van der Waals surface area contributed by atoms with E-state index in [-0.39, 0.29) is 36.0 Å². The molecule has 0 saturated carbocycles. The summed E-state index contributed by atoms with van der Waals surface area (Å²) in [6, 6.07) is 4.94. The number of likely N-dealkylation sites (tertiary alicyclic amines) is 1. The number of benzene rings is 1. The van der Waals surface area contributed by atoms with Crippen molar-refractivity contribution in [1.29, 1.82) is 0 Å². The number of halogens is 3. The summed E-state index contributed by atoms with van der Waals surface area (Å²) in [4.78, 5) is 13.6. The summed E-state index contributed by atoms with van der Waals surface area (Å²) in [6.45, 7) is 3.27. The molecule has 1 N–H and O–H groups in total. The molecule has 1 saturated heterocycles. The van der Waals surface area contributed by atoms with Crippen molar-refractivity contribution in [2.24, 2.45) is 5.92 Å². The second kappa shape index (κ2) is 7.33. The summed E-state index contributed by atoms with van der Waals surface area (Å²) in [5.41, 5.74) is 0.173. The van der Waals surface area contributed by atoms with Gasteiger partial charge in [0.1, 0.15) is 0 Å². The molecule has 0 radical (unpaired) electrons. The monoisotopic (exact) mass is 378 g/mol. The first-order chi connectivity index (χ1) is 11.5. The highest BCUT2D eigenvalue weighted by Gasteiger charge is 2.42. The van der Waals surface area contributed by atoms with Gasteiger partial charge in [-0.05, 0) is 51.0 Å². The van der Waals surface area contributed by atoms with Crippen LogP contribution in [0, 0.1) is 5.92 Å². The predicted octanol–water partition coefficient (Wildman–Crippen LogP) is 2.79. The zero-order valence-electron chi connectivity index (χ0n) is 14.0. The van der Waals surface area contributed by atoms with Gasteiger partial charge in [0, 0.05) is 24.7 Å². The van der Waals surface area contributed by atoms with Crippen molar-refractivity contribution in [3.05, 3.63) is 29.8 Å². The van der Waals surface area contributed by atoms with Crippen molar-refractivity contribution in [2.75, 3.05) is 13.1 Å². The minimum absolute atomic E-state index is 0.00422. The van der Waals surface area contributed by atoms with Gasteiger partial charge in [0.25, 0.3) is 5.91 Å². The van der Waals surface area contributed by atoms with Crippen LogP contribution < -0.4 is 4.72 Å². The van der Waals surface area contributed by atoms with Gasteiger partial charge in [0.2, 0.25) is 10.0 Å². The standard InChI is InChI=1S/C16H21F3N2O3S/c1-11(2)20-25(23,24)14-7-5-12(6-8-14)15(22)21-9-3-4-13(10-21)16(17,18)19/h5-8,11,13,20H,3-4,9-10H2,1-2H3/t13-/m1/s1. The SMILES string of the molecule is CC(C)NS(=O)(=O)c1ccc(C(=O)N2CCC[C@@H](C(F)(F)F)C2)cc1. The van der Waals surface area contributed by atoms with Crippen LogP contribution in [0.2, 0.25) is 0 Å². The van der Waals surface area contributed by atoms with E-state index in [1.165, 1.54) is 29.2 Å². The Balaban J connectivity index is 2.13. The van der Waals surface area contributed by atoms with Crippen LogP contribution in [0.4, 0.5) is 13.2 Å². The largest absolute Gasteiger partial charge is 0.393 e. The van der Waals surface area contributed by atoms with E-state index in [9.17, 15) is 26.4 Å². The molecular formula is C16H21F3N2O3S. The van der Waals surface area contributed by atoms with Crippen molar-refractivity contribution < 1.29 is 26.4 Å². The first-order valence-corrected chi connectivity index (χ1v) is 9.47. The fourth-order valence-corrected chi connectivity index (χ4v) is 4.02. The Hall–Kier alpha value is -1.61. The lowest BCUT2D eigenvalue weighted by molar-refractivity contribution is -0.184. The van der Waals surface area contributed by atoms with Crippen molar-refractivity contribution in [1.82, 2.24) is 9.62 Å². The number of hydrogen-bond donors (Lipinski definition) is 1. The molecule has 1 aromatic carbocycles. The maximum absolute atomic E-state index is 12.9. The Morgan fingerprint density at radius 1 is 1.24 bits per heavy atom. The van der Waals surface area contributed by atoms with E-state index in [1.807, 2.05) is 0 Å². The minimum atomic E-state index is -4.32. The molecule has 25 heavy (non-hydrogen) atoms. The Kier molecular flexibility index (Phi) is 5.78. The third-order valence-electron chi connectivity index (χ3n) is 3.97. The Labute approximate surface area is 145 Å². The first-order valence-electron chi connectivity index (χ1n) is 7.99. The van der Waals surface area contributed by atoms with Crippen molar-refractivity contribution in [3.63, 3.8) is 0 Å². The average Bonchev–Trinajstić information content (AvgIpc) is 2.52. The van der Waals surface area contributed by atoms with Gasteiger partial charge >= 0.3 is 6.18 Å². The maximum atomic E-state index is 12.9. The summed E-state index contributed by atoms with van der Waals surface area (Å²) < 4.78 is 65.1. The summed E-state index contributed by atoms with van der Waals surface area (Å²) in [7, 11) is -3.68. The van der Waals surface area contributed by atoms with E-state index < -0.39 is 28.0 Å². The molecule has 0 unspecified atom stereocenters. The fraction of sp³-hybridized carbons (Fsp3) is 0.562. The number of alkyl halides is 3. The quantitative estimate of drug-likeness (QED) is 0.876. The molecule has 1 aromatic rings. The number of sulfonamides is 1. The highest BCUT2D eigenvalue weighted by Crippen LogP contribution is 2.33. The molecule has 5 nitrogen and oxygen atoms in total. The van der Waals surface area contributed by atoms with Crippen LogP contribution in [0.15, 0.2) is 29.2 Å². The molecule has 140 valence electrons. The lowest BCUT2D eigenvalue weighted by Crippen LogP contribution is -2.44. The third-order valence-corrected chi connectivity index (χ3v) is 5.65. The predicted molar refractivity (Wildman–Crippen MR) is 86.6 cm³/mol. The van der Waals surface area contributed by atoms with Gasteiger partial charge in [0.15, 0.2) is 0 Å². The Morgan fingerprint density at radius 2 is 1.84 bits per heavy atom. The van der Waals surface area contributed by atoms with Gasteiger partial charge in [-0.25, -0.2) is 13.1 Å². The van der Waals surface area contributed by atoms with Crippen LogP contribution in [-0.4, -0.2) is 44.5 Å². The van der Waals surface area contributed by atoms with E-state index in [4.69, 9.17) is 0 Å². The Bertz CT molecular complexity index is 715. The number of carbonyl (C=O) groups is 1. The van der Waals surface area contributed by atoms with Gasteiger partial charge in [-0.1, -0.05) is 0 Å². The molecule has 2 rings (SSSR count). The summed E-state index contributed by atoms with van der Waals surface area (Å²) in [5.74, 6) is -2.03. The Morgan fingerprint density at radius 3 is 2.36 bits per heavy atom. The maximum Gasteiger partial charge on any atom is 0.393 e. The highest BCUT2D eigenvalue weighted by molar-refractivity contribution is 7.89. The molecule has 1 fully saturated rings. The number of piperidine rings is 1. The lowest BCUT2D eigenvalue weighted by atomic mass is 9.97. The topological polar surface area (TPSA) is 66.5 Å². The molecule has 9 heteroatoms. The molecule has 1 amide bonds. The summed E-state index contributed by atoms with van der Waals surface area (Å²) in [5, 5.41) is 0. The number of nitrogens with zero attached hydrogens (tertiary/aromatic N) is 1. The van der Waals surface area contributed by atoms with E-state index in [1.54, 1.807) is 13.8 Å². The van der Waals surface area contributed by atoms with Crippen LogP contribution in [-0.2, 0) is 10.0 Å². The van der Waals surface area contributed by atoms with Crippen LogP contribution in [0.25, 0.3) is 0 Å². The van der Waals surface area contributed by atoms with Crippen molar-refractivity contribution >= 4 is 15.9 Å². The van der Waals surface area contributed by atoms with Crippen LogP contribution in [0.1, 0.15) is 37.0 Å². The lowest BCUT2D eigenvalue weighted by Gasteiger charge is -2.33. The minimum Gasteiger partial charge on any atom is -0.338 e. The molecule has 0 aliphatic carbocycles. The molecular weight excluding hydrogens is 357 g/mol.